The predicted octanol–water partition coefficient (Wildman–Crippen LogP) is 3.38. The summed E-state index contributed by atoms with van der Waals surface area (Å²) < 4.78 is 0. The first kappa shape index (κ1) is 18.5. The molecule has 1 aromatic rings. The lowest BCUT2D eigenvalue weighted by Crippen LogP contribution is -2.47. The van der Waals surface area contributed by atoms with Crippen molar-refractivity contribution in [2.24, 2.45) is 0 Å². The van der Waals surface area contributed by atoms with E-state index in [9.17, 15) is 9.59 Å². The van der Waals surface area contributed by atoms with Crippen molar-refractivity contribution in [1.82, 2.24) is 10.2 Å². The average molecular weight is 325 g/mol. The highest BCUT2D eigenvalue weighted by Crippen LogP contribution is 2.19. The second kappa shape index (κ2) is 9.46. The lowest BCUT2D eigenvalue weighted by Gasteiger charge is -2.28. The van der Waals surface area contributed by atoms with Crippen molar-refractivity contribution in [3.8, 4) is 0 Å². The van der Waals surface area contributed by atoms with Gasteiger partial charge in [0.1, 0.15) is 6.04 Å². The SMILES string of the molecule is CCCCNC(=O)C(C)N(Cc1ccccc1Cl)C(=O)CC. The maximum absolute atomic E-state index is 12.2. The molecule has 4 nitrogen and oxygen atoms in total. The van der Waals surface area contributed by atoms with Gasteiger partial charge in [0.15, 0.2) is 0 Å². The molecule has 0 heterocycles. The Morgan fingerprint density at radius 1 is 1.27 bits per heavy atom. The molecule has 0 spiro atoms. The van der Waals surface area contributed by atoms with Gasteiger partial charge in [0.05, 0.1) is 0 Å². The fourth-order valence-electron chi connectivity index (χ4n) is 2.13. The molecule has 0 bridgehead atoms. The molecule has 122 valence electrons. The van der Waals surface area contributed by atoms with E-state index in [1.165, 1.54) is 0 Å². The lowest BCUT2D eigenvalue weighted by molar-refractivity contribution is -0.140. The summed E-state index contributed by atoms with van der Waals surface area (Å²) >= 11 is 6.16. The molecule has 0 aliphatic carbocycles. The Kier molecular flexibility index (Phi) is 7.96. The molecule has 5 heteroatoms. The summed E-state index contributed by atoms with van der Waals surface area (Å²) in [7, 11) is 0. The first-order valence-electron chi connectivity index (χ1n) is 7.81. The van der Waals surface area contributed by atoms with E-state index >= 15 is 0 Å². The van der Waals surface area contributed by atoms with Gasteiger partial charge in [-0.3, -0.25) is 9.59 Å². The van der Waals surface area contributed by atoms with Crippen LogP contribution in [-0.4, -0.2) is 29.3 Å². The molecule has 2 amide bonds. The Morgan fingerprint density at radius 3 is 2.55 bits per heavy atom. The summed E-state index contributed by atoms with van der Waals surface area (Å²) in [6.07, 6.45) is 2.31. The van der Waals surface area contributed by atoms with Crippen molar-refractivity contribution in [3.05, 3.63) is 34.9 Å². The van der Waals surface area contributed by atoms with Crippen LogP contribution >= 0.6 is 11.6 Å². The number of nitrogens with one attached hydrogen (secondary N) is 1. The number of benzene rings is 1. The number of hydrogen-bond acceptors (Lipinski definition) is 2. The van der Waals surface area contributed by atoms with E-state index in [1.807, 2.05) is 18.2 Å². The first-order chi connectivity index (χ1) is 10.5. The van der Waals surface area contributed by atoms with Crippen molar-refractivity contribution in [3.63, 3.8) is 0 Å². The van der Waals surface area contributed by atoms with Gasteiger partial charge in [-0.25, -0.2) is 0 Å². The van der Waals surface area contributed by atoms with Crippen LogP contribution in [0.1, 0.15) is 45.6 Å². The normalized spacial score (nSPS) is 11.8. The second-order valence-corrected chi connectivity index (χ2v) is 5.69. The summed E-state index contributed by atoms with van der Waals surface area (Å²) in [5.41, 5.74) is 0.846. The molecule has 1 unspecified atom stereocenters. The van der Waals surface area contributed by atoms with E-state index in [0.717, 1.165) is 18.4 Å². The van der Waals surface area contributed by atoms with Crippen LogP contribution in [-0.2, 0) is 16.1 Å². The number of rotatable bonds is 8. The molecule has 1 rings (SSSR count). The first-order valence-corrected chi connectivity index (χ1v) is 8.19. The van der Waals surface area contributed by atoms with Gasteiger partial charge in [-0.05, 0) is 25.0 Å². The quantitative estimate of drug-likeness (QED) is 0.745. The van der Waals surface area contributed by atoms with Crippen LogP contribution in [0.4, 0.5) is 0 Å². The monoisotopic (exact) mass is 324 g/mol. The average Bonchev–Trinajstić information content (AvgIpc) is 2.53. The third kappa shape index (κ3) is 5.34. The minimum atomic E-state index is -0.513. The van der Waals surface area contributed by atoms with Crippen LogP contribution in [0.2, 0.25) is 5.02 Å². The van der Waals surface area contributed by atoms with Gasteiger partial charge in [-0.2, -0.15) is 0 Å². The van der Waals surface area contributed by atoms with Crippen molar-refractivity contribution >= 4 is 23.4 Å². The molecule has 22 heavy (non-hydrogen) atoms. The topological polar surface area (TPSA) is 49.4 Å². The maximum Gasteiger partial charge on any atom is 0.242 e. The smallest absolute Gasteiger partial charge is 0.242 e. The van der Waals surface area contributed by atoms with Crippen LogP contribution in [0.3, 0.4) is 0 Å². The Morgan fingerprint density at radius 2 is 1.95 bits per heavy atom. The standard InChI is InChI=1S/C17H25ClN2O2/c1-4-6-11-19-17(22)13(3)20(16(21)5-2)12-14-9-7-8-10-15(14)18/h7-10,13H,4-6,11-12H2,1-3H3,(H,19,22). The molecule has 0 radical (unpaired) electrons. The molecule has 1 N–H and O–H groups in total. The molecular weight excluding hydrogens is 300 g/mol. The van der Waals surface area contributed by atoms with E-state index < -0.39 is 6.04 Å². The molecule has 0 fully saturated rings. The highest BCUT2D eigenvalue weighted by molar-refractivity contribution is 6.31. The minimum absolute atomic E-state index is 0.0574. The van der Waals surface area contributed by atoms with Crippen molar-refractivity contribution < 1.29 is 9.59 Å². The number of halogens is 1. The highest BCUT2D eigenvalue weighted by atomic mass is 35.5. The van der Waals surface area contributed by atoms with Gasteiger partial charge in [0.25, 0.3) is 0 Å². The van der Waals surface area contributed by atoms with Crippen LogP contribution < -0.4 is 5.32 Å². The van der Waals surface area contributed by atoms with Gasteiger partial charge in [0.2, 0.25) is 11.8 Å². The molecular formula is C17H25ClN2O2. The summed E-state index contributed by atoms with van der Waals surface area (Å²) in [6, 6.07) is 6.87. The Bertz CT molecular complexity index is 505. The Labute approximate surface area is 137 Å². The van der Waals surface area contributed by atoms with Crippen LogP contribution in [0, 0.1) is 0 Å². The van der Waals surface area contributed by atoms with Crippen molar-refractivity contribution in [2.75, 3.05) is 6.54 Å². The minimum Gasteiger partial charge on any atom is -0.354 e. The van der Waals surface area contributed by atoms with E-state index in [1.54, 1.807) is 24.8 Å². The zero-order valence-electron chi connectivity index (χ0n) is 13.6. The summed E-state index contributed by atoms with van der Waals surface area (Å²) in [6.45, 7) is 6.60. The number of carbonyl (C=O) groups excluding carboxylic acids is 2. The molecule has 0 saturated heterocycles. The fourth-order valence-corrected chi connectivity index (χ4v) is 2.33. The molecule has 1 aromatic carbocycles. The van der Waals surface area contributed by atoms with Crippen molar-refractivity contribution in [2.45, 2.75) is 52.6 Å². The highest BCUT2D eigenvalue weighted by Gasteiger charge is 2.25. The Balaban J connectivity index is 2.82. The van der Waals surface area contributed by atoms with Gasteiger partial charge >= 0.3 is 0 Å². The molecule has 0 saturated carbocycles. The summed E-state index contributed by atoms with van der Waals surface area (Å²) in [5.74, 6) is -0.180. The summed E-state index contributed by atoms with van der Waals surface area (Å²) in [4.78, 5) is 26.0. The molecule has 1 atom stereocenters. The van der Waals surface area contributed by atoms with Gasteiger partial charge in [-0.1, -0.05) is 50.1 Å². The Hall–Kier alpha value is -1.55. The van der Waals surface area contributed by atoms with Crippen LogP contribution in [0.5, 0.6) is 0 Å². The number of nitrogens with zero attached hydrogens (tertiary/aromatic N) is 1. The molecule has 0 aliphatic rings. The fraction of sp³-hybridized carbons (Fsp3) is 0.529. The van der Waals surface area contributed by atoms with E-state index in [2.05, 4.69) is 12.2 Å². The summed E-state index contributed by atoms with van der Waals surface area (Å²) in [5, 5.41) is 3.48. The largest absolute Gasteiger partial charge is 0.354 e. The zero-order chi connectivity index (χ0) is 16.5. The molecule has 0 aromatic heterocycles. The second-order valence-electron chi connectivity index (χ2n) is 5.29. The van der Waals surface area contributed by atoms with Crippen LogP contribution in [0.25, 0.3) is 0 Å². The van der Waals surface area contributed by atoms with Crippen LogP contribution in [0.15, 0.2) is 24.3 Å². The van der Waals surface area contributed by atoms with Gasteiger partial charge in [0, 0.05) is 24.5 Å². The maximum atomic E-state index is 12.2. The number of carbonyl (C=O) groups is 2. The van der Waals surface area contributed by atoms with E-state index in [4.69, 9.17) is 11.6 Å². The van der Waals surface area contributed by atoms with Gasteiger partial charge in [-0.15, -0.1) is 0 Å². The zero-order valence-corrected chi connectivity index (χ0v) is 14.3. The van der Waals surface area contributed by atoms with Crippen molar-refractivity contribution in [1.29, 1.82) is 0 Å². The number of unbranched alkanes of at least 4 members (excludes halogenated alkanes) is 1. The number of amides is 2. The van der Waals surface area contributed by atoms with Gasteiger partial charge < -0.3 is 10.2 Å². The molecule has 0 aliphatic heterocycles. The lowest BCUT2D eigenvalue weighted by atomic mass is 10.1. The van der Waals surface area contributed by atoms with E-state index in [-0.39, 0.29) is 11.8 Å². The predicted molar refractivity (Wildman–Crippen MR) is 89.7 cm³/mol. The third-order valence-electron chi connectivity index (χ3n) is 3.60. The van der Waals surface area contributed by atoms with E-state index in [0.29, 0.717) is 24.5 Å². The third-order valence-corrected chi connectivity index (χ3v) is 3.97. The number of hydrogen-bond donors (Lipinski definition) is 1.